The van der Waals surface area contributed by atoms with Crippen LogP contribution in [0.25, 0.3) is 11.1 Å². The molecule has 0 heterocycles. The van der Waals surface area contributed by atoms with Gasteiger partial charge in [0.25, 0.3) is 5.69 Å². The van der Waals surface area contributed by atoms with Crippen LogP contribution in [0.1, 0.15) is 0 Å². The predicted molar refractivity (Wildman–Crippen MR) is 68.0 cm³/mol. The van der Waals surface area contributed by atoms with Crippen molar-refractivity contribution in [3.05, 3.63) is 57.6 Å². The number of nitrogens with two attached hydrogens (primary N) is 1. The Bertz CT molecular complexity index is 584. The summed E-state index contributed by atoms with van der Waals surface area (Å²) in [6.45, 7) is 0. The molecule has 0 spiro atoms. The molecule has 0 unspecified atom stereocenters. The summed E-state index contributed by atoms with van der Waals surface area (Å²) in [5.74, 6) is 0. The summed E-state index contributed by atoms with van der Waals surface area (Å²) in [6.07, 6.45) is 0. The molecule has 5 heteroatoms. The summed E-state index contributed by atoms with van der Waals surface area (Å²) >= 11 is 5.80. The Hall–Kier alpha value is -2.07. The van der Waals surface area contributed by atoms with Crippen molar-refractivity contribution in [2.75, 3.05) is 5.73 Å². The molecule has 0 aliphatic carbocycles. The maximum atomic E-state index is 10.7. The molecule has 0 saturated heterocycles. The topological polar surface area (TPSA) is 69.2 Å². The lowest BCUT2D eigenvalue weighted by atomic mass is 10.0. The van der Waals surface area contributed by atoms with Crippen LogP contribution in [0.5, 0.6) is 0 Å². The van der Waals surface area contributed by atoms with Gasteiger partial charge in [-0.1, -0.05) is 29.8 Å². The van der Waals surface area contributed by atoms with Gasteiger partial charge in [-0.3, -0.25) is 10.1 Å². The van der Waals surface area contributed by atoms with Crippen molar-refractivity contribution in [2.24, 2.45) is 0 Å². The van der Waals surface area contributed by atoms with E-state index in [9.17, 15) is 10.1 Å². The smallest absolute Gasteiger partial charge is 0.270 e. The average molecular weight is 249 g/mol. The predicted octanol–water partition coefficient (Wildman–Crippen LogP) is 3.50. The maximum absolute atomic E-state index is 10.7. The molecule has 0 fully saturated rings. The van der Waals surface area contributed by atoms with E-state index in [0.29, 0.717) is 16.3 Å². The zero-order valence-corrected chi connectivity index (χ0v) is 9.52. The largest absolute Gasteiger partial charge is 0.398 e. The minimum Gasteiger partial charge on any atom is -0.398 e. The lowest BCUT2D eigenvalue weighted by Gasteiger charge is -2.05. The molecule has 0 aliphatic rings. The zero-order chi connectivity index (χ0) is 12.4. The number of rotatable bonds is 2. The van der Waals surface area contributed by atoms with Crippen LogP contribution in [0.4, 0.5) is 11.4 Å². The third kappa shape index (κ3) is 2.37. The summed E-state index contributed by atoms with van der Waals surface area (Å²) < 4.78 is 0. The third-order valence-corrected chi connectivity index (χ3v) is 2.62. The summed E-state index contributed by atoms with van der Waals surface area (Å²) in [7, 11) is 0. The second-order valence-corrected chi connectivity index (χ2v) is 3.98. The van der Waals surface area contributed by atoms with E-state index in [1.807, 2.05) is 0 Å². The van der Waals surface area contributed by atoms with Gasteiger partial charge >= 0.3 is 0 Å². The number of hydrogen-bond acceptors (Lipinski definition) is 3. The molecule has 0 amide bonds. The van der Waals surface area contributed by atoms with Gasteiger partial charge in [-0.2, -0.15) is 0 Å². The van der Waals surface area contributed by atoms with Crippen molar-refractivity contribution in [2.45, 2.75) is 0 Å². The lowest BCUT2D eigenvalue weighted by Crippen LogP contribution is -1.92. The lowest BCUT2D eigenvalue weighted by molar-refractivity contribution is -0.384. The second-order valence-electron chi connectivity index (χ2n) is 3.54. The number of non-ortho nitro benzene ring substituents is 1. The highest BCUT2D eigenvalue weighted by molar-refractivity contribution is 6.31. The van der Waals surface area contributed by atoms with Gasteiger partial charge in [0, 0.05) is 28.4 Å². The Labute approximate surface area is 103 Å². The Morgan fingerprint density at radius 2 is 1.94 bits per heavy atom. The summed E-state index contributed by atoms with van der Waals surface area (Å²) in [5, 5.41) is 11.2. The van der Waals surface area contributed by atoms with Crippen LogP contribution in [0.3, 0.4) is 0 Å². The highest BCUT2D eigenvalue weighted by Crippen LogP contribution is 2.30. The average Bonchev–Trinajstić information content (AvgIpc) is 2.29. The van der Waals surface area contributed by atoms with Gasteiger partial charge in [0.2, 0.25) is 0 Å². The van der Waals surface area contributed by atoms with Crippen LogP contribution in [0, 0.1) is 10.1 Å². The molecule has 2 N–H and O–H groups in total. The first-order valence-electron chi connectivity index (χ1n) is 4.88. The van der Waals surface area contributed by atoms with E-state index in [2.05, 4.69) is 0 Å². The number of nitrogens with zero attached hydrogens (tertiary/aromatic N) is 1. The Morgan fingerprint density at radius 1 is 1.18 bits per heavy atom. The zero-order valence-electron chi connectivity index (χ0n) is 8.76. The van der Waals surface area contributed by atoms with Crippen molar-refractivity contribution < 1.29 is 4.92 Å². The van der Waals surface area contributed by atoms with Crippen LogP contribution in [0.15, 0.2) is 42.5 Å². The number of anilines is 1. The van der Waals surface area contributed by atoms with E-state index in [0.717, 1.165) is 5.56 Å². The fourth-order valence-corrected chi connectivity index (χ4v) is 1.76. The standard InChI is InChI=1S/C12H9ClN2O2/c13-9-4-5-11(12(14)7-9)8-2-1-3-10(6-8)15(16)17/h1-7H,14H2. The third-order valence-electron chi connectivity index (χ3n) is 2.38. The van der Waals surface area contributed by atoms with Crippen LogP contribution >= 0.6 is 11.6 Å². The number of nitro benzene ring substituents is 1. The molecule has 0 aromatic heterocycles. The number of nitrogen functional groups attached to an aromatic ring is 1. The summed E-state index contributed by atoms with van der Waals surface area (Å²) in [5.41, 5.74) is 7.80. The van der Waals surface area contributed by atoms with E-state index in [-0.39, 0.29) is 5.69 Å². The monoisotopic (exact) mass is 248 g/mol. The number of nitro groups is 1. The first-order chi connectivity index (χ1) is 8.08. The highest BCUT2D eigenvalue weighted by Gasteiger charge is 2.09. The van der Waals surface area contributed by atoms with Crippen molar-refractivity contribution >= 4 is 23.0 Å². The van der Waals surface area contributed by atoms with Crippen molar-refractivity contribution in [3.8, 4) is 11.1 Å². The molecule has 2 rings (SSSR count). The SMILES string of the molecule is Nc1cc(Cl)ccc1-c1cccc([N+](=O)[O-])c1. The molecule has 0 bridgehead atoms. The molecular formula is C12H9ClN2O2. The van der Waals surface area contributed by atoms with Gasteiger partial charge in [-0.15, -0.1) is 0 Å². The van der Waals surface area contributed by atoms with Crippen molar-refractivity contribution in [1.82, 2.24) is 0 Å². The summed E-state index contributed by atoms with van der Waals surface area (Å²) in [6, 6.07) is 11.4. The second kappa shape index (κ2) is 4.43. The minimum absolute atomic E-state index is 0.0388. The van der Waals surface area contributed by atoms with Crippen LogP contribution in [0.2, 0.25) is 5.02 Å². The minimum atomic E-state index is -0.435. The van der Waals surface area contributed by atoms with E-state index in [1.54, 1.807) is 30.3 Å². The first-order valence-corrected chi connectivity index (χ1v) is 5.25. The Balaban J connectivity index is 2.53. The molecule has 0 atom stereocenters. The first kappa shape index (κ1) is 11.4. The van der Waals surface area contributed by atoms with Crippen LogP contribution < -0.4 is 5.73 Å². The highest BCUT2D eigenvalue weighted by atomic mass is 35.5. The molecule has 0 saturated carbocycles. The Morgan fingerprint density at radius 3 is 2.59 bits per heavy atom. The molecule has 0 radical (unpaired) electrons. The number of hydrogen-bond donors (Lipinski definition) is 1. The normalized spacial score (nSPS) is 10.2. The van der Waals surface area contributed by atoms with E-state index in [1.165, 1.54) is 12.1 Å². The van der Waals surface area contributed by atoms with Crippen molar-refractivity contribution in [1.29, 1.82) is 0 Å². The van der Waals surface area contributed by atoms with Crippen molar-refractivity contribution in [3.63, 3.8) is 0 Å². The quantitative estimate of drug-likeness (QED) is 0.502. The molecule has 2 aromatic rings. The molecule has 2 aromatic carbocycles. The van der Waals surface area contributed by atoms with Crippen LogP contribution in [-0.4, -0.2) is 4.92 Å². The van der Waals surface area contributed by atoms with E-state index >= 15 is 0 Å². The fraction of sp³-hybridized carbons (Fsp3) is 0. The Kier molecular flexibility index (Phi) is 2.97. The number of benzene rings is 2. The molecule has 0 aliphatic heterocycles. The van der Waals surface area contributed by atoms with Crippen LogP contribution in [-0.2, 0) is 0 Å². The van der Waals surface area contributed by atoms with E-state index in [4.69, 9.17) is 17.3 Å². The van der Waals surface area contributed by atoms with Gasteiger partial charge in [0.05, 0.1) is 4.92 Å². The molecule has 86 valence electrons. The van der Waals surface area contributed by atoms with Gasteiger partial charge in [-0.25, -0.2) is 0 Å². The van der Waals surface area contributed by atoms with Gasteiger partial charge in [-0.05, 0) is 17.7 Å². The number of halogens is 1. The molecule has 17 heavy (non-hydrogen) atoms. The fourth-order valence-electron chi connectivity index (χ4n) is 1.58. The molecular weight excluding hydrogens is 240 g/mol. The summed E-state index contributed by atoms with van der Waals surface area (Å²) in [4.78, 5) is 10.2. The van der Waals surface area contributed by atoms with Gasteiger partial charge in [0.1, 0.15) is 0 Å². The van der Waals surface area contributed by atoms with Gasteiger partial charge < -0.3 is 5.73 Å². The van der Waals surface area contributed by atoms with E-state index < -0.39 is 4.92 Å². The maximum Gasteiger partial charge on any atom is 0.270 e. The molecule has 4 nitrogen and oxygen atoms in total. The van der Waals surface area contributed by atoms with Gasteiger partial charge in [0.15, 0.2) is 0 Å².